The van der Waals surface area contributed by atoms with Crippen LogP contribution in [0.15, 0.2) is 29.2 Å². The largest absolute Gasteiger partial charge is 0.496 e. The summed E-state index contributed by atoms with van der Waals surface area (Å²) in [6, 6.07) is 7.46. The molecule has 26 heavy (non-hydrogen) atoms. The van der Waals surface area contributed by atoms with Gasteiger partial charge in [0.05, 0.1) is 25.0 Å². The minimum Gasteiger partial charge on any atom is -0.496 e. The summed E-state index contributed by atoms with van der Waals surface area (Å²) in [6.07, 6.45) is 4.88. The second kappa shape index (κ2) is 10.3. The minimum atomic E-state index is -0.302. The topological polar surface area (TPSA) is 55.8 Å². The molecule has 0 unspecified atom stereocenters. The number of esters is 1. The van der Waals surface area contributed by atoms with Gasteiger partial charge in [-0.3, -0.25) is 14.5 Å². The maximum absolute atomic E-state index is 12.6. The monoisotopic (exact) mass is 393 g/mol. The van der Waals surface area contributed by atoms with Crippen molar-refractivity contribution in [3.63, 3.8) is 0 Å². The Labute approximate surface area is 163 Å². The number of methoxy groups -OCH3 is 1. The predicted octanol–water partition coefficient (Wildman–Crippen LogP) is 4.02. The van der Waals surface area contributed by atoms with Crippen LogP contribution in [-0.4, -0.2) is 41.4 Å². The SMILES string of the molecule is CCCCCOC(=O)CCN1C(=O)C(=Cc2ccccc2OC)SC1=S. The van der Waals surface area contributed by atoms with E-state index in [9.17, 15) is 9.59 Å². The first-order valence-electron chi connectivity index (χ1n) is 8.60. The molecule has 1 amide bonds. The van der Waals surface area contributed by atoms with Gasteiger partial charge in [0.25, 0.3) is 5.91 Å². The Balaban J connectivity index is 1.94. The van der Waals surface area contributed by atoms with Crippen LogP contribution >= 0.6 is 24.0 Å². The molecule has 2 rings (SSSR count). The van der Waals surface area contributed by atoms with E-state index in [2.05, 4.69) is 6.92 Å². The highest BCUT2D eigenvalue weighted by molar-refractivity contribution is 8.26. The average Bonchev–Trinajstić information content (AvgIpc) is 2.90. The third-order valence-electron chi connectivity index (χ3n) is 3.85. The zero-order valence-corrected chi connectivity index (χ0v) is 16.7. The number of unbranched alkanes of at least 4 members (excludes halogenated alkanes) is 2. The molecule has 0 radical (unpaired) electrons. The Kier molecular flexibility index (Phi) is 8.12. The van der Waals surface area contributed by atoms with Gasteiger partial charge in [-0.25, -0.2) is 0 Å². The first kappa shape index (κ1) is 20.5. The van der Waals surface area contributed by atoms with Crippen molar-refractivity contribution in [2.75, 3.05) is 20.3 Å². The molecule has 0 aliphatic carbocycles. The molecule has 1 aliphatic heterocycles. The molecule has 1 aromatic rings. The van der Waals surface area contributed by atoms with Gasteiger partial charge in [0.15, 0.2) is 0 Å². The molecular weight excluding hydrogens is 370 g/mol. The van der Waals surface area contributed by atoms with E-state index in [1.165, 1.54) is 16.7 Å². The Bertz CT molecular complexity index is 703. The highest BCUT2D eigenvalue weighted by Gasteiger charge is 2.32. The smallest absolute Gasteiger partial charge is 0.307 e. The number of para-hydroxylation sites is 1. The second-order valence-corrected chi connectivity index (χ2v) is 7.43. The van der Waals surface area contributed by atoms with Crippen molar-refractivity contribution in [2.24, 2.45) is 0 Å². The number of benzene rings is 1. The molecule has 7 heteroatoms. The lowest BCUT2D eigenvalue weighted by Gasteiger charge is -2.13. The summed E-state index contributed by atoms with van der Waals surface area (Å²) in [6.45, 7) is 2.76. The van der Waals surface area contributed by atoms with Gasteiger partial charge in [0.2, 0.25) is 0 Å². The first-order valence-corrected chi connectivity index (χ1v) is 9.83. The van der Waals surface area contributed by atoms with Crippen LogP contribution in [0, 0.1) is 0 Å². The summed E-state index contributed by atoms with van der Waals surface area (Å²) in [4.78, 5) is 26.4. The summed E-state index contributed by atoms with van der Waals surface area (Å²) < 4.78 is 10.9. The van der Waals surface area contributed by atoms with Crippen LogP contribution in [0.4, 0.5) is 0 Å². The van der Waals surface area contributed by atoms with Crippen molar-refractivity contribution in [2.45, 2.75) is 32.6 Å². The quantitative estimate of drug-likeness (QED) is 0.273. The fourth-order valence-corrected chi connectivity index (χ4v) is 3.73. The lowest BCUT2D eigenvalue weighted by molar-refractivity contribution is -0.144. The molecule has 5 nitrogen and oxygen atoms in total. The molecule has 0 N–H and O–H groups in total. The van der Waals surface area contributed by atoms with Gasteiger partial charge in [-0.1, -0.05) is 61.9 Å². The Hall–Kier alpha value is -1.86. The zero-order valence-electron chi connectivity index (χ0n) is 15.0. The van der Waals surface area contributed by atoms with Crippen molar-refractivity contribution < 1.29 is 19.1 Å². The van der Waals surface area contributed by atoms with Crippen molar-refractivity contribution in [3.8, 4) is 5.75 Å². The first-order chi connectivity index (χ1) is 12.6. The summed E-state index contributed by atoms with van der Waals surface area (Å²) in [7, 11) is 1.59. The van der Waals surface area contributed by atoms with E-state index in [0.717, 1.165) is 24.8 Å². The molecule has 140 valence electrons. The van der Waals surface area contributed by atoms with Gasteiger partial charge >= 0.3 is 5.97 Å². The van der Waals surface area contributed by atoms with Crippen molar-refractivity contribution in [1.29, 1.82) is 0 Å². The second-order valence-electron chi connectivity index (χ2n) is 5.75. The van der Waals surface area contributed by atoms with Crippen LogP contribution in [0.25, 0.3) is 6.08 Å². The summed E-state index contributed by atoms with van der Waals surface area (Å²) in [5.41, 5.74) is 0.811. The number of hydrogen-bond donors (Lipinski definition) is 0. The molecule has 0 aromatic heterocycles. The van der Waals surface area contributed by atoms with E-state index in [1.54, 1.807) is 13.2 Å². The van der Waals surface area contributed by atoms with E-state index in [-0.39, 0.29) is 24.8 Å². The van der Waals surface area contributed by atoms with Crippen molar-refractivity contribution >= 4 is 46.3 Å². The van der Waals surface area contributed by atoms with E-state index in [1.807, 2.05) is 24.3 Å². The molecule has 1 saturated heterocycles. The highest BCUT2D eigenvalue weighted by Crippen LogP contribution is 2.34. The number of ether oxygens (including phenoxy) is 2. The molecule has 0 atom stereocenters. The fourth-order valence-electron chi connectivity index (χ4n) is 2.43. The van der Waals surface area contributed by atoms with E-state index >= 15 is 0 Å². The van der Waals surface area contributed by atoms with Crippen LogP contribution < -0.4 is 4.74 Å². The number of carbonyl (C=O) groups excluding carboxylic acids is 2. The number of thioether (sulfide) groups is 1. The number of carbonyl (C=O) groups is 2. The van der Waals surface area contributed by atoms with Gasteiger partial charge < -0.3 is 9.47 Å². The van der Waals surface area contributed by atoms with Gasteiger partial charge in [0, 0.05) is 12.1 Å². The molecule has 1 aliphatic rings. The number of hydrogen-bond acceptors (Lipinski definition) is 6. The van der Waals surface area contributed by atoms with Crippen LogP contribution in [0.1, 0.15) is 38.2 Å². The number of rotatable bonds is 9. The van der Waals surface area contributed by atoms with E-state index in [0.29, 0.717) is 21.6 Å². The lowest BCUT2D eigenvalue weighted by atomic mass is 10.2. The highest BCUT2D eigenvalue weighted by atomic mass is 32.2. The molecule has 0 bridgehead atoms. The maximum atomic E-state index is 12.6. The number of thiocarbonyl (C=S) groups is 1. The lowest BCUT2D eigenvalue weighted by Crippen LogP contribution is -2.30. The maximum Gasteiger partial charge on any atom is 0.307 e. The molecule has 0 saturated carbocycles. The van der Waals surface area contributed by atoms with Crippen LogP contribution in [0.5, 0.6) is 5.75 Å². The van der Waals surface area contributed by atoms with Crippen LogP contribution in [0.2, 0.25) is 0 Å². The third-order valence-corrected chi connectivity index (χ3v) is 5.23. The molecule has 1 aromatic carbocycles. The molecule has 0 spiro atoms. The molecular formula is C19H23NO4S2. The normalized spacial score (nSPS) is 15.6. The van der Waals surface area contributed by atoms with Crippen LogP contribution in [-0.2, 0) is 14.3 Å². The summed E-state index contributed by atoms with van der Waals surface area (Å²) in [5.74, 6) is 0.196. The van der Waals surface area contributed by atoms with Crippen molar-refractivity contribution in [3.05, 3.63) is 34.7 Å². The zero-order chi connectivity index (χ0) is 18.9. The average molecular weight is 394 g/mol. The fraction of sp³-hybridized carbons (Fsp3) is 0.421. The predicted molar refractivity (Wildman–Crippen MR) is 108 cm³/mol. The number of nitrogens with zero attached hydrogens (tertiary/aromatic N) is 1. The Morgan fingerprint density at radius 3 is 2.81 bits per heavy atom. The summed E-state index contributed by atoms with van der Waals surface area (Å²) in [5, 5.41) is 0. The van der Waals surface area contributed by atoms with Gasteiger partial charge in [-0.05, 0) is 18.6 Å². The van der Waals surface area contributed by atoms with Gasteiger partial charge in [0.1, 0.15) is 10.1 Å². The van der Waals surface area contributed by atoms with Crippen LogP contribution in [0.3, 0.4) is 0 Å². The summed E-state index contributed by atoms with van der Waals surface area (Å²) >= 11 is 6.52. The third kappa shape index (κ3) is 5.57. The standard InChI is InChI=1S/C19H23NO4S2/c1-3-4-7-12-24-17(21)10-11-20-18(22)16(26-19(20)25)13-14-8-5-6-9-15(14)23-2/h5-6,8-9,13H,3-4,7,10-12H2,1-2H3. The molecule has 1 heterocycles. The minimum absolute atomic E-state index is 0.139. The van der Waals surface area contributed by atoms with E-state index in [4.69, 9.17) is 21.7 Å². The molecule has 1 fully saturated rings. The number of amides is 1. The van der Waals surface area contributed by atoms with E-state index < -0.39 is 0 Å². The van der Waals surface area contributed by atoms with Crippen molar-refractivity contribution in [1.82, 2.24) is 4.90 Å². The Morgan fingerprint density at radius 2 is 2.08 bits per heavy atom. The van der Waals surface area contributed by atoms with Gasteiger partial charge in [-0.2, -0.15) is 0 Å². The Morgan fingerprint density at radius 1 is 1.31 bits per heavy atom. The van der Waals surface area contributed by atoms with Gasteiger partial charge in [-0.15, -0.1) is 0 Å².